The lowest BCUT2D eigenvalue weighted by Gasteiger charge is -2.59. The molecule has 212 valence electrons. The molecule has 2 fully saturated rings. The quantitative estimate of drug-likeness (QED) is 0.350. The van der Waals surface area contributed by atoms with E-state index < -0.39 is 57.7 Å². The molecule has 0 aromatic heterocycles. The molecule has 0 N–H and O–H groups in total. The molecule has 1 aromatic carbocycles. The SMILES string of the molecule is CC1=C[C@@]23OCc4cccc(c4)COC4=CC(=O)O[C@@]5(C)C[C@](C)(C(=O)OCCOC(=O)[C@@]2(C)C[C@H]3C(=O)O1)[C@@H]45. The third kappa shape index (κ3) is 3.79. The van der Waals surface area contributed by atoms with E-state index in [9.17, 15) is 19.2 Å². The Balaban J connectivity index is 1.34. The Hall–Kier alpha value is -3.66. The summed E-state index contributed by atoms with van der Waals surface area (Å²) in [6.45, 7) is 6.86. The summed E-state index contributed by atoms with van der Waals surface area (Å²) in [5.74, 6) is -2.47. The number of hydrogen-bond donors (Lipinski definition) is 0. The van der Waals surface area contributed by atoms with Gasteiger partial charge in [-0.2, -0.15) is 0 Å². The number of rotatable bonds is 0. The number of fused-ring (bicyclic) bond motifs is 2. The topological polar surface area (TPSA) is 124 Å². The molecule has 0 radical (unpaired) electrons. The Bertz CT molecular complexity index is 1380. The van der Waals surface area contributed by atoms with Crippen molar-refractivity contribution in [3.05, 3.63) is 59.1 Å². The van der Waals surface area contributed by atoms with Crippen LogP contribution in [-0.4, -0.2) is 48.3 Å². The van der Waals surface area contributed by atoms with E-state index in [0.29, 0.717) is 11.5 Å². The van der Waals surface area contributed by atoms with Gasteiger partial charge in [0.25, 0.3) is 0 Å². The Morgan fingerprint density at radius 2 is 1.60 bits per heavy atom. The zero-order chi connectivity index (χ0) is 28.5. The highest BCUT2D eigenvalue weighted by molar-refractivity contribution is 5.89. The van der Waals surface area contributed by atoms with Crippen molar-refractivity contribution in [1.29, 1.82) is 0 Å². The van der Waals surface area contributed by atoms with E-state index in [-0.39, 0.29) is 39.3 Å². The molecule has 2 saturated carbocycles. The van der Waals surface area contributed by atoms with Gasteiger partial charge in [-0.15, -0.1) is 0 Å². The van der Waals surface area contributed by atoms with Crippen LogP contribution in [0, 0.1) is 22.7 Å². The van der Waals surface area contributed by atoms with Gasteiger partial charge in [-0.05, 0) is 51.3 Å². The lowest BCUT2D eigenvalue weighted by atomic mass is 9.50. The molecule has 3 aliphatic heterocycles. The van der Waals surface area contributed by atoms with Crippen LogP contribution in [-0.2, 0) is 60.8 Å². The molecule has 0 amide bonds. The van der Waals surface area contributed by atoms with Crippen LogP contribution in [0.5, 0.6) is 0 Å². The molecule has 6 atom stereocenters. The van der Waals surface area contributed by atoms with Crippen molar-refractivity contribution in [3.8, 4) is 0 Å². The molecule has 10 nitrogen and oxygen atoms in total. The minimum absolute atomic E-state index is 0.121. The number of allylic oxidation sites excluding steroid dienone is 1. The van der Waals surface area contributed by atoms with Crippen LogP contribution in [0.1, 0.15) is 51.7 Å². The first-order chi connectivity index (χ1) is 18.9. The molecule has 10 heteroatoms. The van der Waals surface area contributed by atoms with Crippen LogP contribution >= 0.6 is 0 Å². The summed E-state index contributed by atoms with van der Waals surface area (Å²) in [4.78, 5) is 51.7. The number of benzene rings is 1. The zero-order valence-corrected chi connectivity index (χ0v) is 22.9. The average molecular weight is 553 g/mol. The molecular formula is C30H32O10. The summed E-state index contributed by atoms with van der Waals surface area (Å²) < 4.78 is 34.6. The van der Waals surface area contributed by atoms with E-state index in [1.54, 1.807) is 33.8 Å². The first-order valence-electron chi connectivity index (χ1n) is 13.4. The van der Waals surface area contributed by atoms with Gasteiger partial charge in [0.1, 0.15) is 42.5 Å². The van der Waals surface area contributed by atoms with Gasteiger partial charge in [-0.25, -0.2) is 4.79 Å². The van der Waals surface area contributed by atoms with Crippen molar-refractivity contribution in [2.75, 3.05) is 13.2 Å². The van der Waals surface area contributed by atoms with Gasteiger partial charge in [-0.3, -0.25) is 14.4 Å². The highest BCUT2D eigenvalue weighted by Gasteiger charge is 2.72. The van der Waals surface area contributed by atoms with E-state index in [0.717, 1.165) is 11.1 Å². The lowest BCUT2D eigenvalue weighted by Crippen LogP contribution is -2.70. The molecule has 1 aromatic rings. The average Bonchev–Trinajstić information content (AvgIpc) is 2.88. The number of esters is 4. The minimum atomic E-state index is -1.25. The van der Waals surface area contributed by atoms with Crippen molar-refractivity contribution >= 4 is 23.9 Å². The third-order valence-corrected chi connectivity index (χ3v) is 9.14. The van der Waals surface area contributed by atoms with E-state index >= 15 is 0 Å². The maximum absolute atomic E-state index is 13.4. The molecule has 40 heavy (non-hydrogen) atoms. The maximum Gasteiger partial charge on any atom is 0.334 e. The van der Waals surface area contributed by atoms with Crippen LogP contribution < -0.4 is 0 Å². The van der Waals surface area contributed by atoms with Gasteiger partial charge in [0.15, 0.2) is 0 Å². The van der Waals surface area contributed by atoms with Crippen LogP contribution in [0.3, 0.4) is 0 Å². The second-order valence-corrected chi connectivity index (χ2v) is 12.0. The summed E-state index contributed by atoms with van der Waals surface area (Å²) in [5.41, 5.74) is -2.67. The number of ether oxygens (including phenoxy) is 6. The Morgan fingerprint density at radius 1 is 0.900 bits per heavy atom. The second kappa shape index (κ2) is 8.92. The standard InChI is InChI=1S/C30H32O10/c1-17-12-30-20(24(32)39-17)13-28(30,3)26(34)36-9-8-35-25(33)27(2)16-29(4)23(27)21(11-22(31)40-29)37-14-18-6-5-7-19(10-18)15-38-30/h5-7,10-12,20,23H,8-9,13-16H2,1-4H3/t20-,23+,27-,28+,29-,30-/m0/s1. The van der Waals surface area contributed by atoms with Crippen molar-refractivity contribution in [2.45, 2.75) is 65.0 Å². The number of carbonyl (C=O) groups excluding carboxylic acids is 4. The summed E-state index contributed by atoms with van der Waals surface area (Å²) in [7, 11) is 0. The Morgan fingerprint density at radius 3 is 2.35 bits per heavy atom. The fraction of sp³-hybridized carbons (Fsp3) is 0.533. The minimum Gasteiger partial charge on any atom is -0.492 e. The molecule has 0 saturated heterocycles. The number of hydrogen-bond acceptors (Lipinski definition) is 10. The molecule has 1 spiro atoms. The molecule has 6 rings (SSSR count). The van der Waals surface area contributed by atoms with E-state index in [2.05, 4.69) is 0 Å². The monoisotopic (exact) mass is 552 g/mol. The number of cyclic esters (lactones) is 3. The predicted octanol–water partition coefficient (Wildman–Crippen LogP) is 3.27. The molecule has 5 aliphatic rings. The fourth-order valence-electron chi connectivity index (χ4n) is 7.33. The predicted molar refractivity (Wildman–Crippen MR) is 136 cm³/mol. The summed E-state index contributed by atoms with van der Waals surface area (Å²) >= 11 is 0. The fourth-order valence-corrected chi connectivity index (χ4v) is 7.33. The van der Waals surface area contributed by atoms with Crippen molar-refractivity contribution in [3.63, 3.8) is 0 Å². The van der Waals surface area contributed by atoms with Crippen LogP contribution in [0.2, 0.25) is 0 Å². The summed E-state index contributed by atoms with van der Waals surface area (Å²) in [6.07, 6.45) is 3.46. The van der Waals surface area contributed by atoms with E-state index in [1.807, 2.05) is 24.3 Å². The third-order valence-electron chi connectivity index (χ3n) is 9.14. The van der Waals surface area contributed by atoms with Gasteiger partial charge in [0.05, 0.1) is 35.3 Å². The Labute approximate surface area is 231 Å². The van der Waals surface area contributed by atoms with Gasteiger partial charge in [0, 0.05) is 6.42 Å². The highest BCUT2D eigenvalue weighted by Crippen LogP contribution is 2.62. The second-order valence-electron chi connectivity index (χ2n) is 12.0. The van der Waals surface area contributed by atoms with Crippen molar-refractivity contribution < 1.29 is 47.6 Å². The Kier molecular flexibility index (Phi) is 5.92. The van der Waals surface area contributed by atoms with Crippen molar-refractivity contribution in [2.24, 2.45) is 22.7 Å². The molecule has 2 aliphatic carbocycles. The maximum atomic E-state index is 13.4. The first-order valence-corrected chi connectivity index (χ1v) is 13.4. The first kappa shape index (κ1) is 26.6. The van der Waals surface area contributed by atoms with E-state index in [4.69, 9.17) is 28.4 Å². The zero-order valence-electron chi connectivity index (χ0n) is 22.9. The van der Waals surface area contributed by atoms with Crippen molar-refractivity contribution in [1.82, 2.24) is 0 Å². The number of carbonyl (C=O) groups is 4. The van der Waals surface area contributed by atoms with Crippen LogP contribution in [0.15, 0.2) is 47.9 Å². The lowest BCUT2D eigenvalue weighted by molar-refractivity contribution is -0.241. The molecule has 3 heterocycles. The molecule has 0 unspecified atom stereocenters. The molecular weight excluding hydrogens is 520 g/mol. The van der Waals surface area contributed by atoms with Gasteiger partial charge >= 0.3 is 23.9 Å². The van der Waals surface area contributed by atoms with Crippen LogP contribution in [0.25, 0.3) is 0 Å². The van der Waals surface area contributed by atoms with Gasteiger partial charge in [0.2, 0.25) is 0 Å². The summed E-state index contributed by atoms with van der Waals surface area (Å²) in [5, 5.41) is 0. The highest BCUT2D eigenvalue weighted by atomic mass is 16.6. The van der Waals surface area contributed by atoms with Gasteiger partial charge in [-0.1, -0.05) is 24.3 Å². The molecule has 2 bridgehead atoms. The summed E-state index contributed by atoms with van der Waals surface area (Å²) in [6, 6.07) is 7.52. The van der Waals surface area contributed by atoms with Gasteiger partial charge < -0.3 is 28.4 Å². The normalized spacial score (nSPS) is 39.2. The van der Waals surface area contributed by atoms with E-state index in [1.165, 1.54) is 6.08 Å². The van der Waals surface area contributed by atoms with Crippen LogP contribution in [0.4, 0.5) is 0 Å². The smallest absolute Gasteiger partial charge is 0.334 e. The largest absolute Gasteiger partial charge is 0.492 e.